The number of aromatic carboxylic acids is 1. The molecular weight excluding hydrogens is 458 g/mol. The minimum Gasteiger partial charge on any atom is -0.478 e. The van der Waals surface area contributed by atoms with E-state index in [2.05, 4.69) is 10.6 Å². The van der Waals surface area contributed by atoms with Gasteiger partial charge in [-0.2, -0.15) is 0 Å². The first kappa shape index (κ1) is 24.7. The Morgan fingerprint density at radius 1 is 1.03 bits per heavy atom. The van der Waals surface area contributed by atoms with Crippen LogP contribution in [0.1, 0.15) is 58.2 Å². The molecule has 1 heterocycles. The van der Waals surface area contributed by atoms with E-state index in [0.29, 0.717) is 39.3 Å². The summed E-state index contributed by atoms with van der Waals surface area (Å²) in [6.07, 6.45) is 0. The van der Waals surface area contributed by atoms with Crippen molar-refractivity contribution < 1.29 is 24.2 Å². The number of carboxylic acids is 1. The minimum atomic E-state index is -1.10. The van der Waals surface area contributed by atoms with Gasteiger partial charge >= 0.3 is 11.9 Å². The van der Waals surface area contributed by atoms with Gasteiger partial charge in [-0.1, -0.05) is 42.5 Å². The van der Waals surface area contributed by atoms with Crippen molar-refractivity contribution in [3.8, 4) is 0 Å². The number of fused-ring (bicyclic) bond motifs is 1. The van der Waals surface area contributed by atoms with Gasteiger partial charge in [0.05, 0.1) is 34.7 Å². The number of ether oxygens (including phenoxy) is 1. The van der Waals surface area contributed by atoms with Gasteiger partial charge in [0.2, 0.25) is 0 Å². The molecule has 0 fully saturated rings. The second-order valence-corrected chi connectivity index (χ2v) is 8.96. The van der Waals surface area contributed by atoms with E-state index in [1.165, 1.54) is 6.07 Å². The van der Waals surface area contributed by atoms with Gasteiger partial charge in [0.1, 0.15) is 0 Å². The number of amides is 1. The fourth-order valence-corrected chi connectivity index (χ4v) is 4.15. The zero-order valence-electron chi connectivity index (χ0n) is 20.2. The van der Waals surface area contributed by atoms with E-state index < -0.39 is 17.5 Å². The summed E-state index contributed by atoms with van der Waals surface area (Å²) < 4.78 is 5.07. The van der Waals surface area contributed by atoms with Crippen molar-refractivity contribution in [2.24, 2.45) is 5.73 Å². The van der Waals surface area contributed by atoms with E-state index in [9.17, 15) is 19.5 Å². The summed E-state index contributed by atoms with van der Waals surface area (Å²) in [5, 5.41) is 15.9. The van der Waals surface area contributed by atoms with Crippen molar-refractivity contribution in [1.29, 1.82) is 0 Å². The molecule has 0 saturated carbocycles. The monoisotopic (exact) mass is 485 g/mol. The van der Waals surface area contributed by atoms with E-state index in [4.69, 9.17) is 10.5 Å². The number of rotatable bonds is 7. The standard InChI is InChI=1S/C28H27N3O5/c1-4-36-27(35)17-10-12-19-22(14-17)31-25(32)23(19)24(16-8-6-5-7-9-16)30-18-11-13-21(28(2,3)29)20(15-18)26(33)34/h5-15,30H,4,29H2,1-3H3,(H,31,32)(H,33,34)/b24-23-. The minimum absolute atomic E-state index is 0.0697. The largest absolute Gasteiger partial charge is 0.478 e. The first-order valence-corrected chi connectivity index (χ1v) is 11.5. The Labute approximate surface area is 208 Å². The van der Waals surface area contributed by atoms with E-state index in [1.54, 1.807) is 51.1 Å². The van der Waals surface area contributed by atoms with Crippen molar-refractivity contribution in [2.75, 3.05) is 17.2 Å². The predicted molar refractivity (Wildman–Crippen MR) is 139 cm³/mol. The first-order chi connectivity index (χ1) is 17.1. The van der Waals surface area contributed by atoms with Gasteiger partial charge in [0, 0.05) is 16.8 Å². The molecule has 184 valence electrons. The van der Waals surface area contributed by atoms with Crippen LogP contribution >= 0.6 is 0 Å². The normalized spacial score (nSPS) is 14.1. The maximum Gasteiger partial charge on any atom is 0.338 e. The zero-order chi connectivity index (χ0) is 26.0. The second kappa shape index (κ2) is 9.67. The Bertz CT molecular complexity index is 1390. The summed E-state index contributed by atoms with van der Waals surface area (Å²) in [6, 6.07) is 19.1. The van der Waals surface area contributed by atoms with Crippen molar-refractivity contribution >= 4 is 40.5 Å². The molecule has 8 nitrogen and oxygen atoms in total. The van der Waals surface area contributed by atoms with Crippen LogP contribution in [0, 0.1) is 0 Å². The topological polar surface area (TPSA) is 131 Å². The molecule has 5 N–H and O–H groups in total. The molecule has 0 saturated heterocycles. The fraction of sp³-hybridized carbons (Fsp3) is 0.179. The lowest BCUT2D eigenvalue weighted by Crippen LogP contribution is -2.31. The second-order valence-electron chi connectivity index (χ2n) is 8.96. The Balaban J connectivity index is 1.85. The predicted octanol–water partition coefficient (Wildman–Crippen LogP) is 4.69. The van der Waals surface area contributed by atoms with Crippen LogP contribution in [-0.4, -0.2) is 29.6 Å². The number of benzene rings is 3. The van der Waals surface area contributed by atoms with Crippen molar-refractivity contribution in [3.63, 3.8) is 0 Å². The van der Waals surface area contributed by atoms with Gasteiger partial charge < -0.3 is 26.2 Å². The molecule has 0 aromatic heterocycles. The Morgan fingerprint density at radius 3 is 2.39 bits per heavy atom. The van der Waals surface area contributed by atoms with Gasteiger partial charge in [-0.3, -0.25) is 4.79 Å². The smallest absolute Gasteiger partial charge is 0.338 e. The quantitative estimate of drug-likeness (QED) is 0.282. The molecule has 8 heteroatoms. The van der Waals surface area contributed by atoms with E-state index in [-0.39, 0.29) is 18.1 Å². The molecule has 0 aliphatic carbocycles. The molecule has 0 radical (unpaired) electrons. The van der Waals surface area contributed by atoms with Crippen LogP contribution in [0.25, 0.3) is 11.3 Å². The summed E-state index contributed by atoms with van der Waals surface area (Å²) in [6.45, 7) is 5.45. The Kier molecular flexibility index (Phi) is 6.63. The van der Waals surface area contributed by atoms with Gasteiger partial charge in [-0.15, -0.1) is 0 Å². The van der Waals surface area contributed by atoms with Crippen LogP contribution < -0.4 is 16.4 Å². The third-order valence-corrected chi connectivity index (χ3v) is 5.80. The number of nitrogens with two attached hydrogens (primary N) is 1. The van der Waals surface area contributed by atoms with Crippen molar-refractivity contribution in [3.05, 3.63) is 94.5 Å². The average Bonchev–Trinajstić information content (AvgIpc) is 3.17. The average molecular weight is 486 g/mol. The number of carboxylic acid groups (broad SMARTS) is 1. The number of esters is 1. The molecule has 36 heavy (non-hydrogen) atoms. The lowest BCUT2D eigenvalue weighted by atomic mass is 9.90. The van der Waals surface area contributed by atoms with Gasteiger partial charge in [-0.05, 0) is 56.2 Å². The molecule has 1 aliphatic rings. The van der Waals surface area contributed by atoms with Crippen LogP contribution in [-0.2, 0) is 15.1 Å². The number of carbonyl (C=O) groups excluding carboxylic acids is 2. The summed E-state index contributed by atoms with van der Waals surface area (Å²) >= 11 is 0. The molecule has 0 spiro atoms. The SMILES string of the molecule is CCOC(=O)c1ccc2c(c1)NC(=O)/C2=C(\Nc1ccc(C(C)(C)N)c(C(=O)O)c1)c1ccccc1. The maximum absolute atomic E-state index is 13.2. The number of carbonyl (C=O) groups is 3. The van der Waals surface area contributed by atoms with Crippen molar-refractivity contribution in [2.45, 2.75) is 26.3 Å². The van der Waals surface area contributed by atoms with E-state index in [1.807, 2.05) is 30.3 Å². The third-order valence-electron chi connectivity index (χ3n) is 5.80. The molecular formula is C28H27N3O5. The number of anilines is 2. The number of nitrogens with one attached hydrogen (secondary N) is 2. The highest BCUT2D eigenvalue weighted by Crippen LogP contribution is 2.38. The van der Waals surface area contributed by atoms with E-state index >= 15 is 0 Å². The van der Waals surface area contributed by atoms with Crippen LogP contribution in [0.5, 0.6) is 0 Å². The molecule has 0 unspecified atom stereocenters. The third kappa shape index (κ3) is 4.85. The highest BCUT2D eigenvalue weighted by molar-refractivity contribution is 6.37. The molecule has 3 aromatic rings. The number of hydrogen-bond acceptors (Lipinski definition) is 6. The first-order valence-electron chi connectivity index (χ1n) is 11.5. The lowest BCUT2D eigenvalue weighted by molar-refractivity contribution is -0.110. The van der Waals surface area contributed by atoms with Crippen LogP contribution in [0.15, 0.2) is 66.7 Å². The van der Waals surface area contributed by atoms with Gasteiger partial charge in [0.15, 0.2) is 0 Å². The zero-order valence-corrected chi connectivity index (χ0v) is 20.2. The van der Waals surface area contributed by atoms with Gasteiger partial charge in [-0.25, -0.2) is 9.59 Å². The van der Waals surface area contributed by atoms with Crippen LogP contribution in [0.2, 0.25) is 0 Å². The molecule has 4 rings (SSSR count). The molecule has 0 atom stereocenters. The summed E-state index contributed by atoms with van der Waals surface area (Å²) in [5.41, 5.74) is 9.39. The fourth-order valence-electron chi connectivity index (χ4n) is 4.15. The van der Waals surface area contributed by atoms with Crippen LogP contribution in [0.4, 0.5) is 11.4 Å². The molecule has 1 aliphatic heterocycles. The Morgan fingerprint density at radius 2 is 1.75 bits per heavy atom. The molecule has 3 aromatic carbocycles. The summed E-state index contributed by atoms with van der Waals surface area (Å²) in [7, 11) is 0. The number of hydrogen-bond donors (Lipinski definition) is 4. The molecule has 1 amide bonds. The highest BCUT2D eigenvalue weighted by atomic mass is 16.5. The van der Waals surface area contributed by atoms with Gasteiger partial charge in [0.25, 0.3) is 5.91 Å². The Hall–Kier alpha value is -4.43. The van der Waals surface area contributed by atoms with Crippen molar-refractivity contribution in [1.82, 2.24) is 0 Å². The molecule has 0 bridgehead atoms. The maximum atomic E-state index is 13.2. The summed E-state index contributed by atoms with van der Waals surface area (Å²) in [5.74, 6) is -1.93. The lowest BCUT2D eigenvalue weighted by Gasteiger charge is -2.23. The van der Waals surface area contributed by atoms with Crippen LogP contribution in [0.3, 0.4) is 0 Å². The summed E-state index contributed by atoms with van der Waals surface area (Å²) in [4.78, 5) is 37.3. The highest BCUT2D eigenvalue weighted by Gasteiger charge is 2.30. The van der Waals surface area contributed by atoms with E-state index in [0.717, 1.165) is 5.56 Å².